The Morgan fingerprint density at radius 3 is 2.59 bits per heavy atom. The molecule has 0 bridgehead atoms. The number of oxazole rings is 1. The molecule has 164 valence electrons. The van der Waals surface area contributed by atoms with Crippen molar-refractivity contribution in [3.63, 3.8) is 0 Å². The second kappa shape index (κ2) is 9.44. The highest BCUT2D eigenvalue weighted by molar-refractivity contribution is 5.76. The van der Waals surface area contributed by atoms with Gasteiger partial charge in [0.05, 0.1) is 6.61 Å². The normalized spacial score (nSPS) is 10.9. The summed E-state index contributed by atoms with van der Waals surface area (Å²) in [4.78, 5) is 29.2. The lowest BCUT2D eigenvalue weighted by Gasteiger charge is -2.08. The molecule has 0 saturated carbocycles. The van der Waals surface area contributed by atoms with Crippen molar-refractivity contribution >= 4 is 6.29 Å². The van der Waals surface area contributed by atoms with Gasteiger partial charge in [-0.05, 0) is 49.7 Å². The third-order valence-corrected chi connectivity index (χ3v) is 4.78. The summed E-state index contributed by atoms with van der Waals surface area (Å²) < 4.78 is 22.0. The third-order valence-electron chi connectivity index (χ3n) is 4.78. The molecule has 0 radical (unpaired) electrons. The summed E-state index contributed by atoms with van der Waals surface area (Å²) in [6.45, 7) is 4.78. The van der Waals surface area contributed by atoms with Crippen LogP contribution in [-0.4, -0.2) is 28.0 Å². The van der Waals surface area contributed by atoms with Crippen LogP contribution in [0.2, 0.25) is 0 Å². The number of rotatable bonds is 9. The molecule has 0 spiro atoms. The monoisotopic (exact) mass is 435 g/mol. The molecule has 2 aromatic heterocycles. The van der Waals surface area contributed by atoms with Gasteiger partial charge in [0.15, 0.2) is 11.6 Å². The van der Waals surface area contributed by atoms with Crippen molar-refractivity contribution < 1.29 is 23.2 Å². The van der Waals surface area contributed by atoms with E-state index >= 15 is 0 Å². The van der Waals surface area contributed by atoms with Gasteiger partial charge < -0.3 is 13.9 Å². The highest BCUT2D eigenvalue weighted by atomic mass is 16.5. The maximum Gasteiger partial charge on any atom is 0.439 e. The van der Waals surface area contributed by atoms with Crippen molar-refractivity contribution in [1.82, 2.24) is 15.1 Å². The average molecular weight is 435 g/mol. The van der Waals surface area contributed by atoms with Crippen molar-refractivity contribution in [2.24, 2.45) is 0 Å². The molecule has 0 amide bonds. The SMILES string of the molecule is CCOCc1nc(-c2ccc(C=O)cc2)oc1COc1ccc(-c2noc(=O)[nH]2)c(C)c1. The number of nitrogens with zero attached hydrogens (tertiary/aromatic N) is 2. The largest absolute Gasteiger partial charge is 0.486 e. The summed E-state index contributed by atoms with van der Waals surface area (Å²) in [6.07, 6.45) is 0.784. The molecule has 0 unspecified atom stereocenters. The minimum atomic E-state index is -0.608. The minimum Gasteiger partial charge on any atom is -0.486 e. The number of nitrogens with one attached hydrogen (secondary N) is 1. The highest BCUT2D eigenvalue weighted by Crippen LogP contribution is 2.27. The molecule has 1 N–H and O–H groups in total. The molecular formula is C23H21N3O6. The molecule has 0 saturated heterocycles. The van der Waals surface area contributed by atoms with Crippen LogP contribution >= 0.6 is 0 Å². The summed E-state index contributed by atoms with van der Waals surface area (Å²) in [7, 11) is 0. The van der Waals surface area contributed by atoms with Crippen molar-refractivity contribution in [3.05, 3.63) is 75.6 Å². The number of aldehydes is 1. The zero-order valence-electron chi connectivity index (χ0n) is 17.6. The number of ether oxygens (including phenoxy) is 2. The molecule has 0 atom stereocenters. The van der Waals surface area contributed by atoms with E-state index in [1.165, 1.54) is 0 Å². The van der Waals surface area contributed by atoms with Crippen LogP contribution in [0.3, 0.4) is 0 Å². The van der Waals surface area contributed by atoms with Gasteiger partial charge in [-0.3, -0.25) is 14.3 Å². The lowest BCUT2D eigenvalue weighted by atomic mass is 10.1. The second-order valence-corrected chi connectivity index (χ2v) is 6.97. The first-order valence-electron chi connectivity index (χ1n) is 9.99. The van der Waals surface area contributed by atoms with E-state index in [-0.39, 0.29) is 6.61 Å². The van der Waals surface area contributed by atoms with Crippen molar-refractivity contribution in [3.8, 4) is 28.6 Å². The van der Waals surface area contributed by atoms with Gasteiger partial charge in [-0.1, -0.05) is 17.3 Å². The van der Waals surface area contributed by atoms with Crippen LogP contribution in [-0.2, 0) is 18.0 Å². The Bertz CT molecular complexity index is 1270. The fraction of sp³-hybridized carbons (Fsp3) is 0.217. The number of H-pyrrole nitrogens is 1. The molecule has 9 nitrogen and oxygen atoms in total. The number of aryl methyl sites for hydroxylation is 1. The molecule has 0 aliphatic heterocycles. The molecule has 2 aromatic carbocycles. The highest BCUT2D eigenvalue weighted by Gasteiger charge is 2.16. The minimum absolute atomic E-state index is 0.154. The summed E-state index contributed by atoms with van der Waals surface area (Å²) in [6, 6.07) is 12.4. The number of carbonyl (C=O) groups excluding carboxylic acids is 1. The van der Waals surface area contributed by atoms with Crippen LogP contribution in [0.5, 0.6) is 5.75 Å². The Morgan fingerprint density at radius 1 is 1.12 bits per heavy atom. The predicted molar refractivity (Wildman–Crippen MR) is 114 cm³/mol. The molecule has 32 heavy (non-hydrogen) atoms. The number of aromatic amines is 1. The van der Waals surface area contributed by atoms with Gasteiger partial charge >= 0.3 is 5.76 Å². The summed E-state index contributed by atoms with van der Waals surface area (Å²) in [5.74, 6) is 1.35. The molecule has 0 fully saturated rings. The van der Waals surface area contributed by atoms with Gasteiger partial charge in [0.2, 0.25) is 5.89 Å². The lowest BCUT2D eigenvalue weighted by Crippen LogP contribution is -2.01. The van der Waals surface area contributed by atoms with Gasteiger partial charge in [0, 0.05) is 23.3 Å². The molecule has 2 heterocycles. The van der Waals surface area contributed by atoms with Crippen LogP contribution in [0.25, 0.3) is 22.8 Å². The third kappa shape index (κ3) is 4.68. The van der Waals surface area contributed by atoms with Crippen LogP contribution in [0, 0.1) is 6.92 Å². The Kier molecular flexibility index (Phi) is 6.27. The molecule has 4 aromatic rings. The number of hydrogen-bond acceptors (Lipinski definition) is 8. The molecule has 0 aliphatic carbocycles. The topological polar surface area (TPSA) is 120 Å². The predicted octanol–water partition coefficient (Wildman–Crippen LogP) is 3.92. The van der Waals surface area contributed by atoms with Gasteiger partial charge in [-0.2, -0.15) is 0 Å². The molecule has 4 rings (SSSR count). The van der Waals surface area contributed by atoms with E-state index in [4.69, 9.17) is 13.9 Å². The Balaban J connectivity index is 1.53. The van der Waals surface area contributed by atoms with Crippen LogP contribution in [0.1, 0.15) is 34.3 Å². The summed E-state index contributed by atoms with van der Waals surface area (Å²) >= 11 is 0. The smallest absolute Gasteiger partial charge is 0.439 e. The zero-order chi connectivity index (χ0) is 22.5. The van der Waals surface area contributed by atoms with E-state index in [0.29, 0.717) is 47.7 Å². The lowest BCUT2D eigenvalue weighted by molar-refractivity contribution is 0.112. The molecular weight excluding hydrogens is 414 g/mol. The van der Waals surface area contributed by atoms with E-state index in [2.05, 4.69) is 19.6 Å². The molecule has 9 heteroatoms. The second-order valence-electron chi connectivity index (χ2n) is 6.97. The van der Waals surface area contributed by atoms with Gasteiger partial charge in [-0.15, -0.1) is 0 Å². The van der Waals surface area contributed by atoms with Crippen LogP contribution < -0.4 is 10.5 Å². The fourth-order valence-electron chi connectivity index (χ4n) is 3.12. The zero-order valence-corrected chi connectivity index (χ0v) is 17.6. The Hall–Kier alpha value is -3.98. The van der Waals surface area contributed by atoms with Crippen molar-refractivity contribution in [2.75, 3.05) is 6.61 Å². The summed E-state index contributed by atoms with van der Waals surface area (Å²) in [5.41, 5.74) is 3.57. The fourth-order valence-corrected chi connectivity index (χ4v) is 3.12. The van der Waals surface area contributed by atoms with Crippen LogP contribution in [0.4, 0.5) is 0 Å². The number of aromatic nitrogens is 3. The van der Waals surface area contributed by atoms with Gasteiger partial charge in [0.1, 0.15) is 24.3 Å². The van der Waals surface area contributed by atoms with E-state index < -0.39 is 5.76 Å². The molecule has 0 aliphatic rings. The van der Waals surface area contributed by atoms with E-state index in [0.717, 1.165) is 23.0 Å². The standard InChI is InChI=1S/C23H21N3O6/c1-3-29-12-19-20(31-22(24-19)16-6-4-15(11-27)5-7-16)13-30-17-8-9-18(14(2)10-17)21-25-23(28)32-26-21/h4-11H,3,12-13H2,1-2H3,(H,25,26,28). The number of carbonyl (C=O) groups is 1. The maximum absolute atomic E-state index is 11.2. The average Bonchev–Trinajstić information content (AvgIpc) is 3.42. The van der Waals surface area contributed by atoms with Gasteiger partial charge in [-0.25, -0.2) is 9.78 Å². The quantitative estimate of drug-likeness (QED) is 0.393. The summed E-state index contributed by atoms with van der Waals surface area (Å²) in [5, 5.41) is 3.71. The number of benzene rings is 2. The Morgan fingerprint density at radius 2 is 1.94 bits per heavy atom. The van der Waals surface area contributed by atoms with E-state index in [1.807, 2.05) is 19.9 Å². The van der Waals surface area contributed by atoms with Crippen molar-refractivity contribution in [1.29, 1.82) is 0 Å². The maximum atomic E-state index is 11.2. The first kappa shape index (κ1) is 21.3. The van der Waals surface area contributed by atoms with Crippen molar-refractivity contribution in [2.45, 2.75) is 27.1 Å². The van der Waals surface area contributed by atoms with E-state index in [9.17, 15) is 9.59 Å². The van der Waals surface area contributed by atoms with Gasteiger partial charge in [0.25, 0.3) is 0 Å². The Labute approximate surface area is 183 Å². The first-order chi connectivity index (χ1) is 15.6. The van der Waals surface area contributed by atoms with Crippen LogP contribution in [0.15, 0.2) is 56.2 Å². The number of hydrogen-bond donors (Lipinski definition) is 1. The first-order valence-corrected chi connectivity index (χ1v) is 9.99. The van der Waals surface area contributed by atoms with E-state index in [1.54, 1.807) is 36.4 Å².